The Hall–Kier alpha value is -2.48. The number of fused-ring (bicyclic) bond motifs is 2. The van der Waals surface area contributed by atoms with E-state index in [1.807, 2.05) is 11.0 Å². The van der Waals surface area contributed by atoms with Crippen molar-refractivity contribution in [3.63, 3.8) is 0 Å². The van der Waals surface area contributed by atoms with Crippen molar-refractivity contribution in [3.05, 3.63) is 50.0 Å². The largest absolute Gasteiger partial charge is 0.337 e. The summed E-state index contributed by atoms with van der Waals surface area (Å²) < 4.78 is 1.58. The van der Waals surface area contributed by atoms with E-state index < -0.39 is 0 Å². The average Bonchev–Trinajstić information content (AvgIpc) is 3.38. The molecule has 7 nitrogen and oxygen atoms in total. The van der Waals surface area contributed by atoms with E-state index in [0.717, 1.165) is 62.0 Å². The standard InChI is InChI=1S/C19H21N5O2S/c25-18-13-5-1-2-6-14(13)21-17-8-15(22-24(17)18)12-4-3-7-23(9-12)19(26)16-10-27-11-20-16/h8,10-12,22H,1-7,9H2/t12-/m0/s1. The first-order valence-corrected chi connectivity index (χ1v) is 10.5. The summed E-state index contributed by atoms with van der Waals surface area (Å²) in [4.78, 5) is 36.2. The molecule has 0 radical (unpaired) electrons. The zero-order chi connectivity index (χ0) is 18.4. The maximum atomic E-state index is 12.8. The van der Waals surface area contributed by atoms with Gasteiger partial charge in [-0.25, -0.2) is 14.5 Å². The molecule has 0 unspecified atom stereocenters. The molecule has 1 fully saturated rings. The minimum absolute atomic E-state index is 0.0113. The molecule has 1 atom stereocenters. The number of amides is 1. The van der Waals surface area contributed by atoms with E-state index in [1.54, 1.807) is 15.4 Å². The number of piperidine rings is 1. The molecule has 0 spiro atoms. The van der Waals surface area contributed by atoms with Crippen LogP contribution in [0.1, 0.15) is 59.0 Å². The zero-order valence-corrected chi connectivity index (χ0v) is 15.8. The number of thiazole rings is 1. The third kappa shape index (κ3) is 2.88. The predicted molar refractivity (Wildman–Crippen MR) is 102 cm³/mol. The van der Waals surface area contributed by atoms with E-state index >= 15 is 0 Å². The van der Waals surface area contributed by atoms with Crippen LogP contribution in [0.15, 0.2) is 21.8 Å². The van der Waals surface area contributed by atoms with Gasteiger partial charge >= 0.3 is 0 Å². The monoisotopic (exact) mass is 383 g/mol. The average molecular weight is 383 g/mol. The van der Waals surface area contributed by atoms with Crippen molar-refractivity contribution >= 4 is 22.9 Å². The summed E-state index contributed by atoms with van der Waals surface area (Å²) in [5, 5.41) is 5.06. The molecular weight excluding hydrogens is 362 g/mol. The molecule has 1 N–H and O–H groups in total. The predicted octanol–water partition coefficient (Wildman–Crippen LogP) is 2.38. The Balaban J connectivity index is 1.45. The van der Waals surface area contributed by atoms with Crippen LogP contribution in [0.25, 0.3) is 5.65 Å². The molecule has 1 aliphatic carbocycles. The second-order valence-electron chi connectivity index (χ2n) is 7.42. The molecule has 0 aromatic carbocycles. The van der Waals surface area contributed by atoms with Gasteiger partial charge in [-0.3, -0.25) is 14.7 Å². The number of nitrogens with zero attached hydrogens (tertiary/aromatic N) is 4. The molecule has 8 heteroatoms. The van der Waals surface area contributed by atoms with Crippen molar-refractivity contribution in [1.29, 1.82) is 0 Å². The zero-order valence-electron chi connectivity index (χ0n) is 15.0. The van der Waals surface area contributed by atoms with Gasteiger partial charge in [-0.1, -0.05) is 0 Å². The molecule has 3 aromatic heterocycles. The van der Waals surface area contributed by atoms with Crippen molar-refractivity contribution in [1.82, 2.24) is 24.5 Å². The van der Waals surface area contributed by atoms with Gasteiger partial charge in [0.1, 0.15) is 5.69 Å². The fourth-order valence-corrected chi connectivity index (χ4v) is 4.81. The molecule has 1 saturated heterocycles. The maximum Gasteiger partial charge on any atom is 0.276 e. The van der Waals surface area contributed by atoms with Gasteiger partial charge in [0.05, 0.1) is 11.2 Å². The Bertz CT molecular complexity index is 1050. The summed E-state index contributed by atoms with van der Waals surface area (Å²) in [5.74, 6) is 0.169. The van der Waals surface area contributed by atoms with Crippen LogP contribution in [-0.4, -0.2) is 43.5 Å². The quantitative estimate of drug-likeness (QED) is 0.736. The van der Waals surface area contributed by atoms with E-state index in [0.29, 0.717) is 17.9 Å². The van der Waals surface area contributed by atoms with Crippen molar-refractivity contribution in [3.8, 4) is 0 Å². The van der Waals surface area contributed by atoms with E-state index in [9.17, 15) is 9.59 Å². The van der Waals surface area contributed by atoms with Crippen LogP contribution in [0.3, 0.4) is 0 Å². The summed E-state index contributed by atoms with van der Waals surface area (Å²) in [6, 6.07) is 1.98. The Morgan fingerprint density at radius 2 is 2.15 bits per heavy atom. The first kappa shape index (κ1) is 16.7. The number of nitrogens with one attached hydrogen (secondary N) is 1. The molecule has 0 bridgehead atoms. The van der Waals surface area contributed by atoms with Gasteiger partial charge in [0.15, 0.2) is 5.65 Å². The molecule has 3 aromatic rings. The molecule has 1 aliphatic heterocycles. The Morgan fingerprint density at radius 3 is 3.00 bits per heavy atom. The third-order valence-electron chi connectivity index (χ3n) is 5.70. The SMILES string of the molecule is O=C(c1cscn1)N1CCC[C@H](c2cc3nc4c(c(=O)n3[nH]2)CCCC4)C1. The maximum absolute atomic E-state index is 12.8. The van der Waals surface area contributed by atoms with Crippen LogP contribution in [0.5, 0.6) is 0 Å². The number of likely N-dealkylation sites (tertiary alicyclic amines) is 1. The van der Waals surface area contributed by atoms with E-state index in [-0.39, 0.29) is 17.4 Å². The van der Waals surface area contributed by atoms with Crippen LogP contribution < -0.4 is 5.56 Å². The number of rotatable bonds is 2. The second kappa shape index (κ2) is 6.60. The van der Waals surface area contributed by atoms with Crippen LogP contribution in [-0.2, 0) is 12.8 Å². The smallest absolute Gasteiger partial charge is 0.276 e. The number of H-pyrrole nitrogens is 1. The van der Waals surface area contributed by atoms with Gasteiger partial charge in [-0.05, 0) is 38.5 Å². The second-order valence-corrected chi connectivity index (χ2v) is 8.14. The number of aromatic nitrogens is 4. The molecule has 4 heterocycles. The third-order valence-corrected chi connectivity index (χ3v) is 6.29. The lowest BCUT2D eigenvalue weighted by Gasteiger charge is -2.31. The van der Waals surface area contributed by atoms with Gasteiger partial charge in [0.25, 0.3) is 11.5 Å². The minimum Gasteiger partial charge on any atom is -0.337 e. The van der Waals surface area contributed by atoms with Crippen molar-refractivity contribution in [2.24, 2.45) is 0 Å². The van der Waals surface area contributed by atoms with Gasteiger partial charge < -0.3 is 4.90 Å². The van der Waals surface area contributed by atoms with E-state index in [2.05, 4.69) is 10.1 Å². The molecule has 140 valence electrons. The summed E-state index contributed by atoms with van der Waals surface area (Å²) in [5.41, 5.74) is 5.73. The number of hydrogen-bond acceptors (Lipinski definition) is 5. The lowest BCUT2D eigenvalue weighted by molar-refractivity contribution is 0.0700. The van der Waals surface area contributed by atoms with Gasteiger partial charge in [-0.2, -0.15) is 0 Å². The van der Waals surface area contributed by atoms with Gasteiger partial charge in [-0.15, -0.1) is 11.3 Å². The fourth-order valence-electron chi connectivity index (χ4n) is 4.28. The summed E-state index contributed by atoms with van der Waals surface area (Å²) in [6.45, 7) is 1.39. The van der Waals surface area contributed by atoms with E-state index in [1.165, 1.54) is 11.3 Å². The number of aryl methyl sites for hydroxylation is 1. The molecule has 27 heavy (non-hydrogen) atoms. The molecule has 1 amide bonds. The van der Waals surface area contributed by atoms with Gasteiger partial charge in [0.2, 0.25) is 0 Å². The van der Waals surface area contributed by atoms with Crippen LogP contribution in [0.4, 0.5) is 0 Å². The highest BCUT2D eigenvalue weighted by Gasteiger charge is 2.28. The number of hydrogen-bond donors (Lipinski definition) is 1. The summed E-state index contributed by atoms with van der Waals surface area (Å²) in [7, 11) is 0. The number of carbonyl (C=O) groups is 1. The highest BCUT2D eigenvalue weighted by molar-refractivity contribution is 7.07. The highest BCUT2D eigenvalue weighted by atomic mass is 32.1. The lowest BCUT2D eigenvalue weighted by atomic mass is 9.94. The number of aromatic amines is 1. The topological polar surface area (TPSA) is 83.4 Å². The lowest BCUT2D eigenvalue weighted by Crippen LogP contribution is -2.39. The first-order chi connectivity index (χ1) is 13.2. The molecular formula is C19H21N5O2S. The minimum atomic E-state index is -0.0113. The number of carbonyl (C=O) groups excluding carboxylic acids is 1. The highest BCUT2D eigenvalue weighted by Crippen LogP contribution is 2.28. The van der Waals surface area contributed by atoms with Crippen LogP contribution in [0.2, 0.25) is 0 Å². The Morgan fingerprint density at radius 1 is 1.26 bits per heavy atom. The van der Waals surface area contributed by atoms with Crippen LogP contribution >= 0.6 is 11.3 Å². The summed E-state index contributed by atoms with van der Waals surface area (Å²) in [6.07, 6.45) is 5.79. The van der Waals surface area contributed by atoms with Crippen molar-refractivity contribution in [2.45, 2.75) is 44.4 Å². The molecule has 5 rings (SSSR count). The van der Waals surface area contributed by atoms with Crippen LogP contribution in [0, 0.1) is 0 Å². The molecule has 2 aliphatic rings. The van der Waals surface area contributed by atoms with Gasteiger partial charge in [0, 0.05) is 41.7 Å². The van der Waals surface area contributed by atoms with Crippen molar-refractivity contribution in [2.75, 3.05) is 13.1 Å². The first-order valence-electron chi connectivity index (χ1n) is 9.51. The Labute approximate surface area is 160 Å². The molecule has 0 saturated carbocycles. The normalized spacial score (nSPS) is 20.0. The van der Waals surface area contributed by atoms with E-state index in [4.69, 9.17) is 4.98 Å². The fraction of sp³-hybridized carbons (Fsp3) is 0.474. The summed E-state index contributed by atoms with van der Waals surface area (Å²) >= 11 is 1.43. The Kier molecular flexibility index (Phi) is 4.07. The van der Waals surface area contributed by atoms with Crippen molar-refractivity contribution < 1.29 is 4.79 Å².